The highest BCUT2D eigenvalue weighted by Gasteiger charge is 2.48. The van der Waals surface area contributed by atoms with E-state index in [-0.39, 0.29) is 11.8 Å². The molecule has 1 saturated carbocycles. The quantitative estimate of drug-likeness (QED) is 0.783. The Kier molecular flexibility index (Phi) is 1.98. The summed E-state index contributed by atoms with van der Waals surface area (Å²) >= 11 is 0. The lowest BCUT2D eigenvalue weighted by Gasteiger charge is -2.12. The predicted molar refractivity (Wildman–Crippen MR) is 49.9 cm³/mol. The van der Waals surface area contributed by atoms with Crippen LogP contribution in [0.3, 0.4) is 0 Å². The largest absolute Gasteiger partial charge is 0.481 e. The highest BCUT2D eigenvalue weighted by Crippen LogP contribution is 2.50. The van der Waals surface area contributed by atoms with Crippen LogP contribution in [0.15, 0.2) is 12.4 Å². The van der Waals surface area contributed by atoms with Gasteiger partial charge >= 0.3 is 5.97 Å². The minimum atomic E-state index is -0.757. The van der Waals surface area contributed by atoms with E-state index in [1.54, 1.807) is 12.4 Å². The van der Waals surface area contributed by atoms with Crippen molar-refractivity contribution in [3.63, 3.8) is 0 Å². The average molecular weight is 192 g/mol. The number of nitrogens with zero attached hydrogens (tertiary/aromatic N) is 2. The van der Waals surface area contributed by atoms with Crippen LogP contribution in [0, 0.1) is 6.92 Å². The zero-order chi connectivity index (χ0) is 10.2. The van der Waals surface area contributed by atoms with Gasteiger partial charge in [0.15, 0.2) is 0 Å². The van der Waals surface area contributed by atoms with Crippen LogP contribution in [0.2, 0.25) is 0 Å². The molecule has 1 aliphatic rings. The van der Waals surface area contributed by atoms with Crippen LogP contribution < -0.4 is 0 Å². The third-order valence-corrected chi connectivity index (χ3v) is 2.73. The molecule has 4 heteroatoms. The number of carbonyl (C=O) groups is 1. The minimum Gasteiger partial charge on any atom is -0.481 e. The first-order chi connectivity index (χ1) is 6.64. The lowest BCUT2D eigenvalue weighted by Crippen LogP contribution is -2.16. The molecule has 1 aromatic rings. The smallest absolute Gasteiger partial charge is 0.304 e. The summed E-state index contributed by atoms with van der Waals surface area (Å²) in [4.78, 5) is 19.1. The summed E-state index contributed by atoms with van der Waals surface area (Å²) in [6.45, 7) is 1.88. The molecule has 0 saturated heterocycles. The van der Waals surface area contributed by atoms with Gasteiger partial charge in [-0.25, -0.2) is 0 Å². The Bertz CT molecular complexity index is 372. The highest BCUT2D eigenvalue weighted by molar-refractivity contribution is 5.69. The number of aliphatic carboxylic acids is 1. The first-order valence-corrected chi connectivity index (χ1v) is 4.64. The Balaban J connectivity index is 2.31. The van der Waals surface area contributed by atoms with Gasteiger partial charge in [0.05, 0.1) is 17.8 Å². The Morgan fingerprint density at radius 3 is 2.64 bits per heavy atom. The maximum atomic E-state index is 10.7. The molecule has 1 fully saturated rings. The number of aromatic nitrogens is 2. The fraction of sp³-hybridized carbons (Fsp3) is 0.500. The Morgan fingerprint density at radius 2 is 2.14 bits per heavy atom. The monoisotopic (exact) mass is 192 g/mol. The molecule has 0 aromatic carbocycles. The second kappa shape index (κ2) is 3.04. The Morgan fingerprint density at radius 1 is 1.50 bits per heavy atom. The van der Waals surface area contributed by atoms with Crippen molar-refractivity contribution in [3.8, 4) is 0 Å². The second-order valence-corrected chi connectivity index (χ2v) is 3.84. The van der Waals surface area contributed by atoms with E-state index < -0.39 is 5.97 Å². The van der Waals surface area contributed by atoms with Crippen molar-refractivity contribution in [3.05, 3.63) is 23.8 Å². The molecule has 0 amide bonds. The summed E-state index contributed by atoms with van der Waals surface area (Å²) in [6, 6.07) is 0. The van der Waals surface area contributed by atoms with Crippen molar-refractivity contribution in [1.82, 2.24) is 9.97 Å². The SMILES string of the molecule is Cc1nccnc1C1(CC(=O)O)CC1. The maximum absolute atomic E-state index is 10.7. The van der Waals surface area contributed by atoms with Gasteiger partial charge in [-0.3, -0.25) is 14.8 Å². The van der Waals surface area contributed by atoms with E-state index in [2.05, 4.69) is 9.97 Å². The van der Waals surface area contributed by atoms with Gasteiger partial charge in [0, 0.05) is 17.8 Å². The molecule has 0 unspecified atom stereocenters. The molecular formula is C10H12N2O2. The van der Waals surface area contributed by atoms with Crippen molar-refractivity contribution in [2.24, 2.45) is 0 Å². The molecule has 4 nitrogen and oxygen atoms in total. The van der Waals surface area contributed by atoms with Crippen molar-refractivity contribution >= 4 is 5.97 Å². The number of hydrogen-bond donors (Lipinski definition) is 1. The second-order valence-electron chi connectivity index (χ2n) is 3.84. The molecule has 14 heavy (non-hydrogen) atoms. The lowest BCUT2D eigenvalue weighted by atomic mass is 9.96. The molecule has 1 aromatic heterocycles. The fourth-order valence-corrected chi connectivity index (χ4v) is 1.87. The van der Waals surface area contributed by atoms with Crippen molar-refractivity contribution in [1.29, 1.82) is 0 Å². The zero-order valence-electron chi connectivity index (χ0n) is 8.03. The van der Waals surface area contributed by atoms with E-state index in [9.17, 15) is 4.79 Å². The van der Waals surface area contributed by atoms with Crippen molar-refractivity contribution < 1.29 is 9.90 Å². The van der Waals surface area contributed by atoms with Gasteiger partial charge in [-0.2, -0.15) is 0 Å². The first-order valence-electron chi connectivity index (χ1n) is 4.64. The van der Waals surface area contributed by atoms with E-state index in [4.69, 9.17) is 5.11 Å². The van der Waals surface area contributed by atoms with Gasteiger partial charge in [-0.05, 0) is 19.8 Å². The lowest BCUT2D eigenvalue weighted by molar-refractivity contribution is -0.137. The summed E-state index contributed by atoms with van der Waals surface area (Å²) in [7, 11) is 0. The van der Waals surface area contributed by atoms with Crippen molar-refractivity contribution in [2.45, 2.75) is 31.6 Å². The summed E-state index contributed by atoms with van der Waals surface area (Å²) in [5, 5.41) is 8.79. The number of hydrogen-bond acceptors (Lipinski definition) is 3. The molecule has 0 radical (unpaired) electrons. The Labute approximate surface area is 82.0 Å². The van der Waals surface area contributed by atoms with Crippen molar-refractivity contribution in [2.75, 3.05) is 0 Å². The minimum absolute atomic E-state index is 0.173. The molecule has 1 heterocycles. The fourth-order valence-electron chi connectivity index (χ4n) is 1.87. The molecule has 0 bridgehead atoms. The van der Waals surface area contributed by atoms with Crippen LogP contribution in [0.4, 0.5) is 0 Å². The van der Waals surface area contributed by atoms with E-state index in [0.717, 1.165) is 24.2 Å². The summed E-state index contributed by atoms with van der Waals surface area (Å²) in [5.41, 5.74) is 1.50. The third-order valence-electron chi connectivity index (χ3n) is 2.73. The standard InChI is InChI=1S/C10H12N2O2/c1-7-9(12-5-4-11-7)10(2-3-10)6-8(13)14/h4-5H,2-3,6H2,1H3,(H,13,14). The van der Waals surface area contributed by atoms with Gasteiger partial charge in [0.2, 0.25) is 0 Å². The van der Waals surface area contributed by atoms with E-state index in [1.807, 2.05) is 6.92 Å². The number of carboxylic acid groups (broad SMARTS) is 1. The van der Waals surface area contributed by atoms with Crippen LogP contribution in [-0.4, -0.2) is 21.0 Å². The maximum Gasteiger partial charge on any atom is 0.304 e. The number of carboxylic acids is 1. The van der Waals surface area contributed by atoms with Crippen LogP contribution in [0.25, 0.3) is 0 Å². The first kappa shape index (κ1) is 9.12. The van der Waals surface area contributed by atoms with Crippen LogP contribution in [0.1, 0.15) is 30.7 Å². The molecule has 2 rings (SSSR count). The van der Waals surface area contributed by atoms with E-state index in [1.165, 1.54) is 0 Å². The third kappa shape index (κ3) is 1.47. The summed E-state index contributed by atoms with van der Waals surface area (Å²) in [6.07, 6.45) is 5.27. The van der Waals surface area contributed by atoms with Crippen LogP contribution in [0.5, 0.6) is 0 Å². The van der Waals surface area contributed by atoms with Gasteiger partial charge in [-0.1, -0.05) is 0 Å². The molecule has 1 N–H and O–H groups in total. The Hall–Kier alpha value is -1.45. The molecule has 0 spiro atoms. The number of aryl methyl sites for hydroxylation is 1. The average Bonchev–Trinajstić information content (AvgIpc) is 2.85. The highest BCUT2D eigenvalue weighted by atomic mass is 16.4. The summed E-state index contributed by atoms with van der Waals surface area (Å²) < 4.78 is 0. The van der Waals surface area contributed by atoms with Gasteiger partial charge in [0.25, 0.3) is 0 Å². The molecule has 1 aliphatic carbocycles. The zero-order valence-corrected chi connectivity index (χ0v) is 8.03. The molecule has 74 valence electrons. The van der Waals surface area contributed by atoms with Crippen LogP contribution in [-0.2, 0) is 10.2 Å². The van der Waals surface area contributed by atoms with Gasteiger partial charge in [-0.15, -0.1) is 0 Å². The van der Waals surface area contributed by atoms with Gasteiger partial charge in [0.1, 0.15) is 0 Å². The van der Waals surface area contributed by atoms with E-state index in [0.29, 0.717) is 0 Å². The van der Waals surface area contributed by atoms with E-state index >= 15 is 0 Å². The molecule has 0 aliphatic heterocycles. The summed E-state index contributed by atoms with van der Waals surface area (Å²) in [5.74, 6) is -0.757. The van der Waals surface area contributed by atoms with Crippen LogP contribution >= 0.6 is 0 Å². The normalized spacial score (nSPS) is 17.8. The molecular weight excluding hydrogens is 180 g/mol. The molecule has 0 atom stereocenters. The topological polar surface area (TPSA) is 63.1 Å². The predicted octanol–water partition coefficient (Wildman–Crippen LogP) is 1.29. The number of rotatable bonds is 3. The van der Waals surface area contributed by atoms with Gasteiger partial charge < -0.3 is 5.11 Å².